The lowest BCUT2D eigenvalue weighted by Crippen LogP contribution is -2.32. The van der Waals surface area contributed by atoms with Gasteiger partial charge in [-0.3, -0.25) is 4.79 Å². The molecular weight excluding hydrogens is 302 g/mol. The molecule has 1 N–H and O–H groups in total. The first-order chi connectivity index (χ1) is 11.6. The molecule has 0 saturated heterocycles. The van der Waals surface area contributed by atoms with Crippen molar-refractivity contribution in [3.8, 4) is 11.5 Å². The van der Waals surface area contributed by atoms with Crippen molar-refractivity contribution in [1.29, 1.82) is 0 Å². The van der Waals surface area contributed by atoms with Crippen LogP contribution >= 0.6 is 0 Å². The Balaban J connectivity index is 1.65. The highest BCUT2D eigenvalue weighted by Crippen LogP contribution is 2.18. The molecule has 24 heavy (non-hydrogen) atoms. The van der Waals surface area contributed by atoms with E-state index in [1.807, 2.05) is 55.5 Å². The second kappa shape index (κ2) is 8.96. The summed E-state index contributed by atoms with van der Waals surface area (Å²) in [6.07, 6.45) is 0. The zero-order chi connectivity index (χ0) is 17.4. The minimum Gasteiger partial charge on any atom is -0.491 e. The molecule has 2 rings (SSSR count). The summed E-state index contributed by atoms with van der Waals surface area (Å²) in [6, 6.07) is 15.6. The Labute approximate surface area is 143 Å². The average molecular weight is 327 g/mol. The van der Waals surface area contributed by atoms with Crippen molar-refractivity contribution in [3.05, 3.63) is 59.7 Å². The predicted octanol–water partition coefficient (Wildman–Crippen LogP) is 3.69. The Morgan fingerprint density at radius 1 is 1.04 bits per heavy atom. The molecule has 0 radical (unpaired) electrons. The van der Waals surface area contributed by atoms with Gasteiger partial charge in [0.25, 0.3) is 5.91 Å². The number of rotatable bonds is 8. The highest BCUT2D eigenvalue weighted by atomic mass is 16.5. The Bertz CT molecular complexity index is 650. The van der Waals surface area contributed by atoms with Crippen molar-refractivity contribution in [2.45, 2.75) is 26.7 Å². The van der Waals surface area contributed by atoms with Crippen molar-refractivity contribution in [2.75, 3.05) is 19.8 Å². The lowest BCUT2D eigenvalue weighted by molar-refractivity contribution is -0.123. The van der Waals surface area contributed by atoms with E-state index < -0.39 is 0 Å². The summed E-state index contributed by atoms with van der Waals surface area (Å²) in [5, 5.41) is 2.78. The molecule has 4 heteroatoms. The van der Waals surface area contributed by atoms with Gasteiger partial charge < -0.3 is 14.8 Å². The smallest absolute Gasteiger partial charge is 0.258 e. The van der Waals surface area contributed by atoms with Crippen LogP contribution in [0, 0.1) is 6.92 Å². The molecule has 0 bridgehead atoms. The number of carbonyl (C=O) groups excluding carboxylic acids is 1. The highest BCUT2D eigenvalue weighted by Gasteiger charge is 2.04. The summed E-state index contributed by atoms with van der Waals surface area (Å²) in [4.78, 5) is 11.8. The third kappa shape index (κ3) is 5.61. The Morgan fingerprint density at radius 3 is 2.42 bits per heavy atom. The lowest BCUT2D eigenvalue weighted by Gasteiger charge is -2.11. The van der Waals surface area contributed by atoms with E-state index in [1.165, 1.54) is 5.56 Å². The largest absolute Gasteiger partial charge is 0.491 e. The fourth-order valence-corrected chi connectivity index (χ4v) is 2.22. The van der Waals surface area contributed by atoms with Crippen LogP contribution in [0.4, 0.5) is 0 Å². The fourth-order valence-electron chi connectivity index (χ4n) is 2.22. The quantitative estimate of drug-likeness (QED) is 0.752. The Hall–Kier alpha value is -2.49. The maximum absolute atomic E-state index is 11.8. The number of hydrogen-bond donors (Lipinski definition) is 1. The molecule has 0 saturated carbocycles. The Morgan fingerprint density at radius 2 is 1.75 bits per heavy atom. The Kier molecular flexibility index (Phi) is 6.67. The summed E-state index contributed by atoms with van der Waals surface area (Å²) >= 11 is 0. The molecule has 2 aromatic rings. The minimum absolute atomic E-state index is 0.00535. The summed E-state index contributed by atoms with van der Waals surface area (Å²) in [5.74, 6) is 1.87. The number of ether oxygens (including phenoxy) is 2. The van der Waals surface area contributed by atoms with E-state index in [0.717, 1.165) is 11.3 Å². The van der Waals surface area contributed by atoms with Gasteiger partial charge in [0, 0.05) is 0 Å². The maximum atomic E-state index is 11.8. The highest BCUT2D eigenvalue weighted by molar-refractivity contribution is 5.77. The molecule has 0 unspecified atom stereocenters. The van der Waals surface area contributed by atoms with E-state index in [1.54, 1.807) is 0 Å². The van der Waals surface area contributed by atoms with E-state index in [9.17, 15) is 4.79 Å². The topological polar surface area (TPSA) is 47.6 Å². The van der Waals surface area contributed by atoms with E-state index in [2.05, 4.69) is 19.2 Å². The van der Waals surface area contributed by atoms with Crippen molar-refractivity contribution in [3.63, 3.8) is 0 Å². The minimum atomic E-state index is -0.156. The zero-order valence-electron chi connectivity index (χ0n) is 14.5. The van der Waals surface area contributed by atoms with Crippen LogP contribution < -0.4 is 14.8 Å². The monoisotopic (exact) mass is 327 g/mol. The van der Waals surface area contributed by atoms with E-state index >= 15 is 0 Å². The standard InChI is InChI=1S/C20H25NO3/c1-15(2)17-8-10-18(11-9-17)24-14-20(22)21-12-13-23-19-7-5-4-6-16(19)3/h4-11,15H,12-14H2,1-3H3,(H,21,22). The van der Waals surface area contributed by atoms with Crippen LogP contribution in [-0.4, -0.2) is 25.7 Å². The van der Waals surface area contributed by atoms with Crippen molar-refractivity contribution < 1.29 is 14.3 Å². The molecule has 4 nitrogen and oxygen atoms in total. The normalized spacial score (nSPS) is 10.5. The van der Waals surface area contributed by atoms with Gasteiger partial charge in [-0.2, -0.15) is 0 Å². The molecule has 0 aromatic heterocycles. The van der Waals surface area contributed by atoms with Gasteiger partial charge in [-0.1, -0.05) is 44.2 Å². The number of nitrogens with one attached hydrogen (secondary N) is 1. The van der Waals surface area contributed by atoms with Crippen LogP contribution in [0.25, 0.3) is 0 Å². The van der Waals surface area contributed by atoms with Gasteiger partial charge in [-0.05, 0) is 42.2 Å². The number of amides is 1. The first-order valence-corrected chi connectivity index (χ1v) is 8.24. The molecule has 0 aliphatic rings. The predicted molar refractivity (Wildman–Crippen MR) is 95.7 cm³/mol. The molecule has 0 aliphatic carbocycles. The fraction of sp³-hybridized carbons (Fsp3) is 0.350. The van der Waals surface area contributed by atoms with Crippen molar-refractivity contribution >= 4 is 5.91 Å². The number of aryl methyl sites for hydroxylation is 1. The molecule has 0 aliphatic heterocycles. The van der Waals surface area contributed by atoms with Crippen molar-refractivity contribution in [2.24, 2.45) is 0 Å². The molecule has 128 valence electrons. The summed E-state index contributed by atoms with van der Waals surface area (Å²) < 4.78 is 11.1. The van der Waals surface area contributed by atoms with Gasteiger partial charge in [0.05, 0.1) is 6.54 Å². The molecular formula is C20H25NO3. The molecule has 0 heterocycles. The van der Waals surface area contributed by atoms with Crippen LogP contribution in [0.1, 0.15) is 30.9 Å². The molecule has 1 amide bonds. The first kappa shape index (κ1) is 17.9. The number of para-hydroxylation sites is 1. The van der Waals surface area contributed by atoms with Gasteiger partial charge >= 0.3 is 0 Å². The van der Waals surface area contributed by atoms with Crippen LogP contribution in [0.15, 0.2) is 48.5 Å². The number of carbonyl (C=O) groups is 1. The maximum Gasteiger partial charge on any atom is 0.258 e. The van der Waals surface area contributed by atoms with Gasteiger partial charge in [0.1, 0.15) is 18.1 Å². The van der Waals surface area contributed by atoms with Gasteiger partial charge in [-0.15, -0.1) is 0 Å². The third-order valence-corrected chi connectivity index (χ3v) is 3.69. The molecule has 2 aromatic carbocycles. The summed E-state index contributed by atoms with van der Waals surface area (Å²) in [6.45, 7) is 7.16. The average Bonchev–Trinajstić information content (AvgIpc) is 2.58. The molecule has 0 fully saturated rings. The van der Waals surface area contributed by atoms with Gasteiger partial charge in [0.15, 0.2) is 6.61 Å². The van der Waals surface area contributed by atoms with Crippen LogP contribution in [-0.2, 0) is 4.79 Å². The van der Waals surface area contributed by atoms with Crippen LogP contribution in [0.5, 0.6) is 11.5 Å². The van der Waals surface area contributed by atoms with Crippen molar-refractivity contribution in [1.82, 2.24) is 5.32 Å². The lowest BCUT2D eigenvalue weighted by atomic mass is 10.0. The van der Waals surface area contributed by atoms with Gasteiger partial charge in [0.2, 0.25) is 0 Å². The van der Waals surface area contributed by atoms with E-state index in [0.29, 0.717) is 24.8 Å². The van der Waals surface area contributed by atoms with E-state index in [4.69, 9.17) is 9.47 Å². The zero-order valence-corrected chi connectivity index (χ0v) is 14.5. The molecule has 0 atom stereocenters. The number of hydrogen-bond acceptors (Lipinski definition) is 3. The number of benzene rings is 2. The van der Waals surface area contributed by atoms with Crippen LogP contribution in [0.3, 0.4) is 0 Å². The molecule has 0 spiro atoms. The van der Waals surface area contributed by atoms with Crippen LogP contribution in [0.2, 0.25) is 0 Å². The van der Waals surface area contributed by atoms with Gasteiger partial charge in [-0.25, -0.2) is 0 Å². The first-order valence-electron chi connectivity index (χ1n) is 8.24. The summed E-state index contributed by atoms with van der Waals surface area (Å²) in [7, 11) is 0. The second-order valence-electron chi connectivity index (χ2n) is 5.98. The second-order valence-corrected chi connectivity index (χ2v) is 5.98. The van der Waals surface area contributed by atoms with E-state index in [-0.39, 0.29) is 12.5 Å². The third-order valence-electron chi connectivity index (χ3n) is 3.69. The summed E-state index contributed by atoms with van der Waals surface area (Å²) in [5.41, 5.74) is 2.33. The SMILES string of the molecule is Cc1ccccc1OCCNC(=O)COc1ccc(C(C)C)cc1.